The van der Waals surface area contributed by atoms with Crippen LogP contribution in [-0.2, 0) is 14.8 Å². The van der Waals surface area contributed by atoms with Gasteiger partial charge in [-0.3, -0.25) is 14.3 Å². The zero-order valence-corrected chi connectivity index (χ0v) is 19.2. The van der Waals surface area contributed by atoms with Gasteiger partial charge in [-0.05, 0) is 36.4 Å². The van der Waals surface area contributed by atoms with E-state index in [4.69, 9.17) is 0 Å². The second kappa shape index (κ2) is 8.54. The summed E-state index contributed by atoms with van der Waals surface area (Å²) in [6.07, 6.45) is 2.95. The first-order chi connectivity index (χ1) is 16.3. The van der Waals surface area contributed by atoms with E-state index in [-0.39, 0.29) is 46.5 Å². The van der Waals surface area contributed by atoms with Gasteiger partial charge in [-0.15, -0.1) is 11.3 Å². The molecule has 0 saturated carbocycles. The van der Waals surface area contributed by atoms with E-state index < -0.39 is 21.7 Å². The van der Waals surface area contributed by atoms with Crippen molar-refractivity contribution in [2.24, 2.45) is 0 Å². The SMILES string of the molecule is O=C(c1c[nH]c2cccc(F)c12)N1CCN(c2ccc(S(=O)(=O)Nc3nccs3)cc2)C(=O)C1. The van der Waals surface area contributed by atoms with Gasteiger partial charge in [0.15, 0.2) is 5.13 Å². The highest BCUT2D eigenvalue weighted by Gasteiger charge is 2.30. The first kappa shape index (κ1) is 22.0. The van der Waals surface area contributed by atoms with Gasteiger partial charge in [-0.25, -0.2) is 17.8 Å². The number of anilines is 2. The Hall–Kier alpha value is -3.77. The maximum Gasteiger partial charge on any atom is 0.263 e. The maximum absolute atomic E-state index is 14.3. The van der Waals surface area contributed by atoms with E-state index in [9.17, 15) is 22.4 Å². The lowest BCUT2D eigenvalue weighted by Gasteiger charge is -2.34. The summed E-state index contributed by atoms with van der Waals surface area (Å²) < 4.78 is 41.7. The Balaban J connectivity index is 1.29. The molecule has 2 N–H and O–H groups in total. The van der Waals surface area contributed by atoms with Crippen LogP contribution in [0.15, 0.2) is 65.1 Å². The van der Waals surface area contributed by atoms with Gasteiger partial charge < -0.3 is 14.8 Å². The lowest BCUT2D eigenvalue weighted by atomic mass is 10.1. The Labute approximate surface area is 197 Å². The average molecular weight is 500 g/mol. The molecule has 0 aliphatic carbocycles. The molecule has 3 heterocycles. The summed E-state index contributed by atoms with van der Waals surface area (Å²) in [6.45, 7) is 0.293. The summed E-state index contributed by atoms with van der Waals surface area (Å²) >= 11 is 1.16. The molecule has 2 aromatic carbocycles. The van der Waals surface area contributed by atoms with Gasteiger partial charge in [-0.2, -0.15) is 0 Å². The number of rotatable bonds is 5. The van der Waals surface area contributed by atoms with Gasteiger partial charge in [-0.1, -0.05) is 6.07 Å². The fourth-order valence-corrected chi connectivity index (χ4v) is 5.64. The summed E-state index contributed by atoms with van der Waals surface area (Å²) in [5.74, 6) is -1.26. The van der Waals surface area contributed by atoms with Crippen molar-refractivity contribution in [1.82, 2.24) is 14.9 Å². The van der Waals surface area contributed by atoms with Crippen LogP contribution in [-0.4, -0.2) is 54.7 Å². The summed E-state index contributed by atoms with van der Waals surface area (Å²) in [5.41, 5.74) is 1.20. The number of H-pyrrole nitrogens is 1. The van der Waals surface area contributed by atoms with Crippen molar-refractivity contribution >= 4 is 54.9 Å². The molecule has 1 saturated heterocycles. The molecule has 12 heteroatoms. The van der Waals surface area contributed by atoms with Crippen LogP contribution in [0.2, 0.25) is 0 Å². The molecule has 34 heavy (non-hydrogen) atoms. The van der Waals surface area contributed by atoms with Gasteiger partial charge >= 0.3 is 0 Å². The smallest absolute Gasteiger partial charge is 0.263 e. The number of thiazole rings is 1. The Morgan fingerprint density at radius 2 is 1.94 bits per heavy atom. The molecular formula is C22H18FN5O4S2. The van der Waals surface area contributed by atoms with Crippen molar-refractivity contribution in [3.63, 3.8) is 0 Å². The molecule has 0 bridgehead atoms. The molecule has 5 rings (SSSR count). The molecule has 0 unspecified atom stereocenters. The van der Waals surface area contributed by atoms with E-state index in [1.54, 1.807) is 29.6 Å². The molecule has 4 aromatic rings. The minimum absolute atomic E-state index is 0.0362. The van der Waals surface area contributed by atoms with Crippen LogP contribution in [0.1, 0.15) is 10.4 Å². The molecular weight excluding hydrogens is 481 g/mol. The number of amides is 2. The molecule has 0 radical (unpaired) electrons. The molecule has 1 aliphatic rings. The first-order valence-electron chi connectivity index (χ1n) is 10.2. The quantitative estimate of drug-likeness (QED) is 0.438. The van der Waals surface area contributed by atoms with Crippen molar-refractivity contribution in [3.05, 3.63) is 71.6 Å². The van der Waals surface area contributed by atoms with Gasteiger partial charge in [0.05, 0.1) is 10.5 Å². The Morgan fingerprint density at radius 3 is 2.65 bits per heavy atom. The van der Waals surface area contributed by atoms with Crippen LogP contribution in [0.3, 0.4) is 0 Å². The van der Waals surface area contributed by atoms with Gasteiger partial charge in [0.25, 0.3) is 15.9 Å². The van der Waals surface area contributed by atoms with E-state index in [0.29, 0.717) is 11.2 Å². The number of aromatic amines is 1. The number of piperazine rings is 1. The van der Waals surface area contributed by atoms with Gasteiger partial charge in [0.1, 0.15) is 12.4 Å². The number of nitrogens with zero attached hydrogens (tertiary/aromatic N) is 3. The number of benzene rings is 2. The Bertz CT molecular complexity index is 1480. The van der Waals surface area contributed by atoms with Gasteiger partial charge in [0, 0.05) is 47.5 Å². The molecule has 0 atom stereocenters. The van der Waals surface area contributed by atoms with Crippen LogP contribution in [0.5, 0.6) is 0 Å². The van der Waals surface area contributed by atoms with Crippen LogP contribution in [0.4, 0.5) is 15.2 Å². The minimum Gasteiger partial charge on any atom is -0.360 e. The average Bonchev–Trinajstić information content (AvgIpc) is 3.49. The zero-order chi connectivity index (χ0) is 23.9. The van der Waals surface area contributed by atoms with E-state index in [0.717, 1.165) is 11.3 Å². The number of hydrogen-bond acceptors (Lipinski definition) is 6. The topological polar surface area (TPSA) is 115 Å². The third-order valence-electron chi connectivity index (χ3n) is 5.51. The molecule has 0 spiro atoms. The molecule has 174 valence electrons. The molecule has 9 nitrogen and oxygen atoms in total. The largest absolute Gasteiger partial charge is 0.360 e. The van der Waals surface area contributed by atoms with Crippen molar-refractivity contribution in [2.45, 2.75) is 4.90 Å². The number of nitrogens with one attached hydrogen (secondary N) is 2. The lowest BCUT2D eigenvalue weighted by molar-refractivity contribution is -0.120. The number of sulfonamides is 1. The number of carbonyl (C=O) groups is 2. The summed E-state index contributed by atoms with van der Waals surface area (Å²) in [5, 5.41) is 2.12. The highest BCUT2D eigenvalue weighted by atomic mass is 32.2. The van der Waals surface area contributed by atoms with Crippen molar-refractivity contribution < 1.29 is 22.4 Å². The Kier molecular flexibility index (Phi) is 5.54. The lowest BCUT2D eigenvalue weighted by Crippen LogP contribution is -2.52. The van der Waals surface area contributed by atoms with Crippen LogP contribution in [0.25, 0.3) is 10.9 Å². The first-order valence-corrected chi connectivity index (χ1v) is 12.6. The van der Waals surface area contributed by atoms with E-state index in [2.05, 4.69) is 14.7 Å². The second-order valence-corrected chi connectivity index (χ2v) is 10.2. The van der Waals surface area contributed by atoms with Crippen molar-refractivity contribution in [2.75, 3.05) is 29.3 Å². The fourth-order valence-electron chi connectivity index (χ4n) is 3.85. The fraction of sp³-hybridized carbons (Fsp3) is 0.136. The van der Waals surface area contributed by atoms with E-state index >= 15 is 0 Å². The highest BCUT2D eigenvalue weighted by molar-refractivity contribution is 7.93. The molecule has 2 amide bonds. The summed E-state index contributed by atoms with van der Waals surface area (Å²) in [6, 6.07) is 10.4. The standard InChI is InChI=1S/C22H18FN5O4S2/c23-17-2-1-3-18-20(17)16(12-25-18)21(30)27-9-10-28(19(29)13-27)14-4-6-15(7-5-14)34(31,32)26-22-24-8-11-33-22/h1-8,11-12,25H,9-10,13H2,(H,24,26). The zero-order valence-electron chi connectivity index (χ0n) is 17.6. The monoisotopic (exact) mass is 499 g/mol. The predicted molar refractivity (Wildman–Crippen MR) is 126 cm³/mol. The van der Waals surface area contributed by atoms with Crippen LogP contribution >= 0.6 is 11.3 Å². The highest BCUT2D eigenvalue weighted by Crippen LogP contribution is 2.25. The summed E-state index contributed by atoms with van der Waals surface area (Å²) in [7, 11) is -3.80. The van der Waals surface area contributed by atoms with Crippen molar-refractivity contribution in [3.8, 4) is 0 Å². The third kappa shape index (κ3) is 4.01. The van der Waals surface area contributed by atoms with E-state index in [1.807, 2.05) is 0 Å². The van der Waals surface area contributed by atoms with Gasteiger partial charge in [0.2, 0.25) is 5.91 Å². The number of fused-ring (bicyclic) bond motifs is 1. The summed E-state index contributed by atoms with van der Waals surface area (Å²) in [4.78, 5) is 35.5. The Morgan fingerprint density at radius 1 is 1.15 bits per heavy atom. The predicted octanol–water partition coefficient (Wildman–Crippen LogP) is 3.05. The number of hydrogen-bond donors (Lipinski definition) is 2. The number of halogens is 1. The molecule has 2 aromatic heterocycles. The minimum atomic E-state index is -3.80. The molecule has 1 aliphatic heterocycles. The van der Waals surface area contributed by atoms with Crippen LogP contribution < -0.4 is 9.62 Å². The normalized spacial score (nSPS) is 14.6. The third-order valence-corrected chi connectivity index (χ3v) is 7.68. The van der Waals surface area contributed by atoms with Crippen LogP contribution in [0, 0.1) is 5.82 Å². The maximum atomic E-state index is 14.3. The van der Waals surface area contributed by atoms with Crippen molar-refractivity contribution in [1.29, 1.82) is 0 Å². The number of carbonyl (C=O) groups excluding carboxylic acids is 2. The van der Waals surface area contributed by atoms with E-state index in [1.165, 1.54) is 40.4 Å². The second-order valence-electron chi connectivity index (χ2n) is 7.57. The molecule has 1 fully saturated rings. The number of aromatic nitrogens is 2.